The van der Waals surface area contributed by atoms with Gasteiger partial charge < -0.3 is 10.1 Å². The number of aromatic nitrogens is 3. The molecule has 1 aromatic carbocycles. The van der Waals surface area contributed by atoms with Crippen LogP contribution in [0.1, 0.15) is 5.56 Å². The number of fused-ring (bicyclic) bond motifs is 1. The summed E-state index contributed by atoms with van der Waals surface area (Å²) in [6.45, 7) is 1.98. The molecule has 0 atom stereocenters. The molecule has 4 heteroatoms. The lowest BCUT2D eigenvalue weighted by Crippen LogP contribution is -1.80. The molecule has 0 unspecified atom stereocenters. The molecule has 84 valence electrons. The second kappa shape index (κ2) is 3.59. The van der Waals surface area contributed by atoms with Crippen molar-refractivity contribution >= 4 is 11.2 Å². The molecular formula is C13H11N3O. The minimum atomic E-state index is 0.211. The number of nitrogens with one attached hydrogen (secondary N) is 1. The van der Waals surface area contributed by atoms with Crippen molar-refractivity contribution in [1.29, 1.82) is 0 Å². The van der Waals surface area contributed by atoms with E-state index in [9.17, 15) is 5.11 Å². The van der Waals surface area contributed by atoms with Crippen LogP contribution in [0, 0.1) is 6.92 Å². The third-order valence-electron chi connectivity index (χ3n) is 2.63. The van der Waals surface area contributed by atoms with Gasteiger partial charge in [0.25, 0.3) is 0 Å². The number of rotatable bonds is 1. The van der Waals surface area contributed by atoms with Crippen LogP contribution in [0.15, 0.2) is 36.5 Å². The zero-order chi connectivity index (χ0) is 11.8. The highest BCUT2D eigenvalue weighted by Crippen LogP contribution is 2.27. The van der Waals surface area contributed by atoms with Gasteiger partial charge in [-0.1, -0.05) is 12.1 Å². The molecule has 3 aromatic rings. The summed E-state index contributed by atoms with van der Waals surface area (Å²) in [5.41, 5.74) is 3.30. The van der Waals surface area contributed by atoms with Crippen molar-refractivity contribution in [2.75, 3.05) is 0 Å². The number of para-hydroxylation sites is 1. The quantitative estimate of drug-likeness (QED) is 0.669. The Morgan fingerprint density at radius 1 is 1.24 bits per heavy atom. The molecule has 3 rings (SSSR count). The third-order valence-corrected chi connectivity index (χ3v) is 2.63. The predicted molar refractivity (Wildman–Crippen MR) is 65.7 cm³/mol. The van der Waals surface area contributed by atoms with Crippen molar-refractivity contribution in [3.63, 3.8) is 0 Å². The minimum absolute atomic E-state index is 0.211. The van der Waals surface area contributed by atoms with Crippen molar-refractivity contribution in [3.8, 4) is 17.1 Å². The fraction of sp³-hybridized carbons (Fsp3) is 0.0769. The van der Waals surface area contributed by atoms with Crippen molar-refractivity contribution in [3.05, 3.63) is 42.1 Å². The molecule has 0 aliphatic heterocycles. The highest BCUT2D eigenvalue weighted by molar-refractivity contribution is 5.77. The van der Waals surface area contributed by atoms with Crippen LogP contribution in [-0.2, 0) is 0 Å². The van der Waals surface area contributed by atoms with E-state index in [1.807, 2.05) is 25.1 Å². The van der Waals surface area contributed by atoms with Gasteiger partial charge in [-0.05, 0) is 30.7 Å². The predicted octanol–water partition coefficient (Wildman–Crippen LogP) is 2.64. The number of phenolic OH excluding ortho intramolecular Hbond substituents is 1. The number of pyridine rings is 1. The monoisotopic (exact) mass is 225 g/mol. The highest BCUT2D eigenvalue weighted by atomic mass is 16.3. The van der Waals surface area contributed by atoms with Crippen molar-refractivity contribution in [2.24, 2.45) is 0 Å². The molecule has 0 aliphatic rings. The maximum Gasteiger partial charge on any atom is 0.178 e. The summed E-state index contributed by atoms with van der Waals surface area (Å²) >= 11 is 0. The van der Waals surface area contributed by atoms with E-state index in [-0.39, 0.29) is 5.75 Å². The largest absolute Gasteiger partial charge is 0.507 e. The first-order valence-electron chi connectivity index (χ1n) is 5.35. The average molecular weight is 225 g/mol. The van der Waals surface area contributed by atoms with Gasteiger partial charge in [0.15, 0.2) is 5.65 Å². The second-order valence-electron chi connectivity index (χ2n) is 3.99. The lowest BCUT2D eigenvalue weighted by Gasteiger charge is -1.98. The summed E-state index contributed by atoms with van der Waals surface area (Å²) in [6.07, 6.45) is 1.78. The summed E-state index contributed by atoms with van der Waals surface area (Å²) in [7, 11) is 0. The Balaban J connectivity index is 2.22. The third kappa shape index (κ3) is 1.63. The fourth-order valence-corrected chi connectivity index (χ4v) is 1.81. The van der Waals surface area contributed by atoms with Crippen LogP contribution in [-0.4, -0.2) is 20.1 Å². The van der Waals surface area contributed by atoms with Gasteiger partial charge in [-0.3, -0.25) is 0 Å². The summed E-state index contributed by atoms with van der Waals surface area (Å²) in [6, 6.07) is 9.09. The second-order valence-corrected chi connectivity index (χ2v) is 3.99. The fourth-order valence-electron chi connectivity index (χ4n) is 1.81. The standard InChI is InChI=1S/C13H11N3O/c1-8-6-10-13(14-7-8)16-12(15-10)9-4-2-3-5-11(9)17/h2-7,17H,1H3,(H,14,15,16). The van der Waals surface area contributed by atoms with Gasteiger partial charge in [-0.2, -0.15) is 0 Å². The molecule has 4 nitrogen and oxygen atoms in total. The maximum absolute atomic E-state index is 9.76. The van der Waals surface area contributed by atoms with Crippen molar-refractivity contribution in [1.82, 2.24) is 15.0 Å². The van der Waals surface area contributed by atoms with E-state index in [1.165, 1.54) is 0 Å². The van der Waals surface area contributed by atoms with E-state index in [1.54, 1.807) is 18.3 Å². The van der Waals surface area contributed by atoms with Gasteiger partial charge >= 0.3 is 0 Å². The van der Waals surface area contributed by atoms with Crippen LogP contribution in [0.5, 0.6) is 5.75 Å². The molecule has 2 N–H and O–H groups in total. The van der Waals surface area contributed by atoms with Crippen LogP contribution < -0.4 is 0 Å². The number of benzene rings is 1. The maximum atomic E-state index is 9.76. The molecule has 0 radical (unpaired) electrons. The first-order chi connectivity index (χ1) is 8.24. The normalized spacial score (nSPS) is 10.9. The zero-order valence-corrected chi connectivity index (χ0v) is 9.31. The van der Waals surface area contributed by atoms with E-state index in [4.69, 9.17) is 0 Å². The molecule has 0 bridgehead atoms. The van der Waals surface area contributed by atoms with E-state index < -0.39 is 0 Å². The summed E-state index contributed by atoms with van der Waals surface area (Å²) in [4.78, 5) is 11.8. The highest BCUT2D eigenvalue weighted by Gasteiger charge is 2.09. The molecule has 0 fully saturated rings. The number of aromatic amines is 1. The van der Waals surface area contributed by atoms with E-state index in [0.717, 1.165) is 11.1 Å². The van der Waals surface area contributed by atoms with Crippen molar-refractivity contribution in [2.45, 2.75) is 6.92 Å². The Bertz CT molecular complexity index is 688. The van der Waals surface area contributed by atoms with Gasteiger partial charge in [0.1, 0.15) is 11.6 Å². The number of aryl methyl sites for hydroxylation is 1. The molecule has 0 saturated carbocycles. The van der Waals surface area contributed by atoms with Gasteiger partial charge in [0, 0.05) is 6.20 Å². The topological polar surface area (TPSA) is 61.8 Å². The smallest absolute Gasteiger partial charge is 0.178 e. The number of nitrogens with zero attached hydrogens (tertiary/aromatic N) is 2. The SMILES string of the molecule is Cc1cnc2nc(-c3ccccc3O)[nH]c2c1. The van der Waals surface area contributed by atoms with Crippen LogP contribution in [0.2, 0.25) is 0 Å². The molecule has 2 aromatic heterocycles. The average Bonchev–Trinajstić information content (AvgIpc) is 2.72. The van der Waals surface area contributed by atoms with Crippen LogP contribution in [0.3, 0.4) is 0 Å². The minimum Gasteiger partial charge on any atom is -0.507 e. The van der Waals surface area contributed by atoms with Gasteiger partial charge in [-0.15, -0.1) is 0 Å². The Kier molecular flexibility index (Phi) is 2.08. The lowest BCUT2D eigenvalue weighted by atomic mass is 10.2. The Hall–Kier alpha value is -2.36. The first-order valence-corrected chi connectivity index (χ1v) is 5.35. The Morgan fingerprint density at radius 2 is 2.06 bits per heavy atom. The van der Waals surface area contributed by atoms with Gasteiger partial charge in [0.2, 0.25) is 0 Å². The number of imidazole rings is 1. The van der Waals surface area contributed by atoms with Gasteiger partial charge in [-0.25, -0.2) is 9.97 Å². The number of aromatic hydroxyl groups is 1. The van der Waals surface area contributed by atoms with Crippen LogP contribution in [0.25, 0.3) is 22.6 Å². The molecule has 0 saturated heterocycles. The molecule has 0 spiro atoms. The molecular weight excluding hydrogens is 214 g/mol. The van der Waals surface area contributed by atoms with Crippen molar-refractivity contribution < 1.29 is 5.11 Å². The van der Waals surface area contributed by atoms with E-state index >= 15 is 0 Å². The Morgan fingerprint density at radius 3 is 2.88 bits per heavy atom. The Labute approximate surface area is 98.0 Å². The van der Waals surface area contributed by atoms with Crippen LogP contribution >= 0.6 is 0 Å². The summed E-state index contributed by atoms with van der Waals surface area (Å²) < 4.78 is 0. The number of phenols is 1. The van der Waals surface area contributed by atoms with E-state index in [2.05, 4.69) is 15.0 Å². The summed E-state index contributed by atoms with van der Waals surface area (Å²) in [5.74, 6) is 0.847. The number of H-pyrrole nitrogens is 1. The van der Waals surface area contributed by atoms with Gasteiger partial charge in [0.05, 0.1) is 11.1 Å². The molecule has 17 heavy (non-hydrogen) atoms. The molecule has 0 amide bonds. The van der Waals surface area contributed by atoms with Crippen LogP contribution in [0.4, 0.5) is 0 Å². The molecule has 2 heterocycles. The summed E-state index contributed by atoms with van der Waals surface area (Å²) in [5, 5.41) is 9.76. The molecule has 0 aliphatic carbocycles. The zero-order valence-electron chi connectivity index (χ0n) is 9.31. The number of hydrogen-bond acceptors (Lipinski definition) is 3. The van der Waals surface area contributed by atoms with E-state index in [0.29, 0.717) is 17.0 Å². The first kappa shape index (κ1) is 9.84. The number of hydrogen-bond donors (Lipinski definition) is 2. The lowest BCUT2D eigenvalue weighted by molar-refractivity contribution is 0.477.